The van der Waals surface area contributed by atoms with Gasteiger partial charge in [0.05, 0.1) is 19.1 Å². The van der Waals surface area contributed by atoms with Gasteiger partial charge in [0, 0.05) is 6.42 Å². The Morgan fingerprint density at radius 3 is 1.56 bits per heavy atom. The fraction of sp³-hybridized carbons (Fsp3) is 0.600. The topological polar surface area (TPSA) is 52.6 Å². The van der Waals surface area contributed by atoms with Crippen molar-refractivity contribution >= 4 is 11.9 Å². The standard InChI is InChI=1S/C18H26O2.C17H24O2/c1-4-20-18(19)14(3)15-9-11-17(12-10-15)16-7-5-13(2)6-8-16;1-3-19-17(18)12-14-6-10-16(11-7-14)15-8-4-13(2)5-9-15/h5-8,14-15,17H,4,9-12H2,1-3H3;4-5,8-9,14,16H,3,6-7,10-12H2,1-2H3. The summed E-state index contributed by atoms with van der Waals surface area (Å²) in [6.45, 7) is 11.0. The SMILES string of the molecule is CCOC(=O)C(C)C1CCC(c2ccc(C)cc2)CC1.CCOC(=O)CC1CCC(c2ccc(C)cc2)CC1. The van der Waals surface area contributed by atoms with Crippen molar-refractivity contribution in [3.05, 3.63) is 70.8 Å². The van der Waals surface area contributed by atoms with Crippen molar-refractivity contribution in [1.29, 1.82) is 0 Å². The average Bonchev–Trinajstić information content (AvgIpc) is 2.95. The summed E-state index contributed by atoms with van der Waals surface area (Å²) in [5.74, 6) is 2.37. The van der Waals surface area contributed by atoms with Crippen molar-refractivity contribution in [3.63, 3.8) is 0 Å². The fourth-order valence-corrected chi connectivity index (χ4v) is 6.25. The Hall–Kier alpha value is -2.62. The molecule has 214 valence electrons. The molecule has 2 aromatic rings. The van der Waals surface area contributed by atoms with Gasteiger partial charge in [-0.05, 0) is 114 Å². The molecule has 0 spiro atoms. The molecule has 0 saturated heterocycles. The van der Waals surface area contributed by atoms with Gasteiger partial charge in [-0.3, -0.25) is 9.59 Å². The normalized spacial score (nSPS) is 23.6. The van der Waals surface area contributed by atoms with E-state index in [1.54, 1.807) is 0 Å². The lowest BCUT2D eigenvalue weighted by Gasteiger charge is -2.31. The van der Waals surface area contributed by atoms with Crippen LogP contribution in [0.25, 0.3) is 0 Å². The van der Waals surface area contributed by atoms with Gasteiger partial charge in [-0.15, -0.1) is 0 Å². The molecule has 0 aromatic heterocycles. The quantitative estimate of drug-likeness (QED) is 0.318. The Kier molecular flexibility index (Phi) is 12.6. The highest BCUT2D eigenvalue weighted by molar-refractivity contribution is 5.72. The Labute approximate surface area is 236 Å². The van der Waals surface area contributed by atoms with Crippen LogP contribution in [0.15, 0.2) is 48.5 Å². The summed E-state index contributed by atoms with van der Waals surface area (Å²) in [5.41, 5.74) is 5.55. The van der Waals surface area contributed by atoms with Crippen LogP contribution in [0.1, 0.15) is 113 Å². The molecule has 0 radical (unpaired) electrons. The lowest BCUT2D eigenvalue weighted by atomic mass is 9.74. The maximum Gasteiger partial charge on any atom is 0.308 e. The van der Waals surface area contributed by atoms with E-state index in [0.717, 1.165) is 25.7 Å². The minimum absolute atomic E-state index is 0.0220. The van der Waals surface area contributed by atoms with E-state index in [1.807, 2.05) is 20.8 Å². The van der Waals surface area contributed by atoms with Crippen LogP contribution >= 0.6 is 0 Å². The molecule has 0 bridgehead atoms. The summed E-state index contributed by atoms with van der Waals surface area (Å²) >= 11 is 0. The van der Waals surface area contributed by atoms with E-state index in [1.165, 1.54) is 47.9 Å². The average molecular weight is 535 g/mol. The molecule has 0 amide bonds. The molecular weight excluding hydrogens is 484 g/mol. The van der Waals surface area contributed by atoms with Gasteiger partial charge in [0.25, 0.3) is 0 Å². The lowest BCUT2D eigenvalue weighted by molar-refractivity contribution is -0.149. The molecule has 2 aromatic carbocycles. The second-order valence-electron chi connectivity index (χ2n) is 11.7. The summed E-state index contributed by atoms with van der Waals surface area (Å²) in [6.07, 6.45) is 9.97. The molecule has 0 heterocycles. The molecule has 2 aliphatic rings. The Balaban J connectivity index is 0.000000216. The third-order valence-corrected chi connectivity index (χ3v) is 8.84. The number of ether oxygens (including phenoxy) is 2. The van der Waals surface area contributed by atoms with Crippen LogP contribution in [0.2, 0.25) is 0 Å². The largest absolute Gasteiger partial charge is 0.466 e. The molecule has 2 saturated carbocycles. The molecule has 4 heteroatoms. The summed E-state index contributed by atoms with van der Waals surface area (Å²) < 4.78 is 10.2. The van der Waals surface area contributed by atoms with Crippen molar-refractivity contribution in [3.8, 4) is 0 Å². The fourth-order valence-electron chi connectivity index (χ4n) is 6.25. The maximum atomic E-state index is 11.8. The molecule has 2 fully saturated rings. The van der Waals surface area contributed by atoms with E-state index < -0.39 is 0 Å². The number of esters is 2. The van der Waals surface area contributed by atoms with Crippen LogP contribution in [-0.4, -0.2) is 25.2 Å². The predicted molar refractivity (Wildman–Crippen MR) is 159 cm³/mol. The van der Waals surface area contributed by atoms with Gasteiger partial charge < -0.3 is 9.47 Å². The van der Waals surface area contributed by atoms with Gasteiger partial charge in [0.15, 0.2) is 0 Å². The zero-order valence-electron chi connectivity index (χ0n) is 24.9. The zero-order valence-corrected chi connectivity index (χ0v) is 24.9. The summed E-state index contributed by atoms with van der Waals surface area (Å²) in [7, 11) is 0. The summed E-state index contributed by atoms with van der Waals surface area (Å²) in [4.78, 5) is 23.3. The Morgan fingerprint density at radius 2 is 1.13 bits per heavy atom. The molecule has 2 aliphatic carbocycles. The van der Waals surface area contributed by atoms with E-state index in [9.17, 15) is 9.59 Å². The highest BCUT2D eigenvalue weighted by Gasteiger charge is 2.30. The number of rotatable bonds is 8. The molecule has 0 N–H and O–H groups in total. The van der Waals surface area contributed by atoms with Crippen molar-refractivity contribution in [1.82, 2.24) is 0 Å². The third-order valence-electron chi connectivity index (χ3n) is 8.84. The second kappa shape index (κ2) is 15.8. The smallest absolute Gasteiger partial charge is 0.308 e. The molecule has 1 unspecified atom stereocenters. The first-order chi connectivity index (χ1) is 18.8. The number of carbonyl (C=O) groups is 2. The van der Waals surface area contributed by atoms with E-state index in [2.05, 4.69) is 62.4 Å². The molecule has 4 rings (SSSR count). The van der Waals surface area contributed by atoms with Crippen LogP contribution in [0.5, 0.6) is 0 Å². The number of aryl methyl sites for hydroxylation is 2. The minimum atomic E-state index is -0.0266. The van der Waals surface area contributed by atoms with Crippen molar-refractivity contribution in [2.24, 2.45) is 17.8 Å². The maximum absolute atomic E-state index is 11.8. The van der Waals surface area contributed by atoms with Crippen LogP contribution in [0.4, 0.5) is 0 Å². The van der Waals surface area contributed by atoms with Crippen molar-refractivity contribution in [2.45, 2.75) is 104 Å². The van der Waals surface area contributed by atoms with Crippen molar-refractivity contribution in [2.75, 3.05) is 13.2 Å². The number of hydrogen-bond acceptors (Lipinski definition) is 4. The Morgan fingerprint density at radius 1 is 0.692 bits per heavy atom. The summed E-state index contributed by atoms with van der Waals surface area (Å²) in [5, 5.41) is 0. The molecular formula is C35H50O4. The first-order valence-corrected chi connectivity index (χ1v) is 15.3. The first kappa shape index (κ1) is 30.9. The van der Waals surface area contributed by atoms with E-state index in [0.29, 0.717) is 43.3 Å². The number of carbonyl (C=O) groups excluding carboxylic acids is 2. The van der Waals surface area contributed by atoms with Gasteiger partial charge >= 0.3 is 11.9 Å². The van der Waals surface area contributed by atoms with Crippen LogP contribution in [0, 0.1) is 31.6 Å². The van der Waals surface area contributed by atoms with Crippen LogP contribution < -0.4 is 0 Å². The molecule has 0 aliphatic heterocycles. The van der Waals surface area contributed by atoms with Crippen molar-refractivity contribution < 1.29 is 19.1 Å². The number of hydrogen-bond donors (Lipinski definition) is 0. The second-order valence-corrected chi connectivity index (χ2v) is 11.7. The zero-order chi connectivity index (χ0) is 28.2. The lowest BCUT2D eigenvalue weighted by Crippen LogP contribution is -2.26. The van der Waals surface area contributed by atoms with Gasteiger partial charge in [-0.25, -0.2) is 0 Å². The van der Waals surface area contributed by atoms with Gasteiger partial charge in [0.1, 0.15) is 0 Å². The molecule has 4 nitrogen and oxygen atoms in total. The highest BCUT2D eigenvalue weighted by Crippen LogP contribution is 2.39. The molecule has 1 atom stereocenters. The third kappa shape index (κ3) is 9.81. The van der Waals surface area contributed by atoms with E-state index >= 15 is 0 Å². The highest BCUT2D eigenvalue weighted by atomic mass is 16.5. The van der Waals surface area contributed by atoms with E-state index in [-0.39, 0.29) is 17.9 Å². The van der Waals surface area contributed by atoms with E-state index in [4.69, 9.17) is 9.47 Å². The van der Waals surface area contributed by atoms with Crippen LogP contribution in [0.3, 0.4) is 0 Å². The minimum Gasteiger partial charge on any atom is -0.466 e. The van der Waals surface area contributed by atoms with Crippen LogP contribution in [-0.2, 0) is 19.1 Å². The Bertz CT molecular complexity index is 994. The molecule has 39 heavy (non-hydrogen) atoms. The van der Waals surface area contributed by atoms with Gasteiger partial charge in [0.2, 0.25) is 0 Å². The van der Waals surface area contributed by atoms with Gasteiger partial charge in [-0.1, -0.05) is 66.6 Å². The number of benzene rings is 2. The first-order valence-electron chi connectivity index (χ1n) is 15.3. The monoisotopic (exact) mass is 534 g/mol. The predicted octanol–water partition coefficient (Wildman–Crippen LogP) is 8.69. The van der Waals surface area contributed by atoms with Gasteiger partial charge in [-0.2, -0.15) is 0 Å². The summed E-state index contributed by atoms with van der Waals surface area (Å²) in [6, 6.07) is 17.8.